The number of ether oxygens (including phenoxy) is 2. The smallest absolute Gasteiger partial charge is 0.244 e. The summed E-state index contributed by atoms with van der Waals surface area (Å²) >= 11 is 0. The highest BCUT2D eigenvalue weighted by atomic mass is 16.5. The van der Waals surface area contributed by atoms with E-state index in [1.165, 1.54) is 0 Å². The van der Waals surface area contributed by atoms with Gasteiger partial charge in [0.25, 0.3) is 0 Å². The minimum Gasteiger partial charge on any atom is -0.381 e. The van der Waals surface area contributed by atoms with E-state index in [9.17, 15) is 4.79 Å². The molecule has 1 aliphatic heterocycles. The van der Waals surface area contributed by atoms with Crippen molar-refractivity contribution >= 4 is 5.91 Å². The number of rotatable bonds is 7. The molecule has 2 rings (SSSR count). The van der Waals surface area contributed by atoms with Gasteiger partial charge in [-0.1, -0.05) is 30.3 Å². The molecule has 5 heteroatoms. The highest BCUT2D eigenvalue weighted by molar-refractivity contribution is 5.86. The number of nitrogens with one attached hydrogen (secondary N) is 1. The zero-order chi connectivity index (χ0) is 15.8. The summed E-state index contributed by atoms with van der Waals surface area (Å²) in [5.41, 5.74) is 5.96. The Bertz CT molecular complexity index is 456. The van der Waals surface area contributed by atoms with Gasteiger partial charge in [-0.05, 0) is 31.7 Å². The Morgan fingerprint density at radius 2 is 2.05 bits per heavy atom. The minimum absolute atomic E-state index is 0.162. The van der Waals surface area contributed by atoms with Gasteiger partial charge in [-0.15, -0.1) is 0 Å². The molecule has 0 spiro atoms. The van der Waals surface area contributed by atoms with Crippen molar-refractivity contribution in [3.8, 4) is 0 Å². The summed E-state index contributed by atoms with van der Waals surface area (Å²) in [7, 11) is 0. The third-order valence-corrected chi connectivity index (χ3v) is 3.97. The summed E-state index contributed by atoms with van der Waals surface area (Å²) in [4.78, 5) is 12.2. The third-order valence-electron chi connectivity index (χ3n) is 3.97. The predicted molar refractivity (Wildman–Crippen MR) is 85.4 cm³/mol. The van der Waals surface area contributed by atoms with Crippen LogP contribution in [-0.2, 0) is 19.8 Å². The van der Waals surface area contributed by atoms with Crippen LogP contribution in [0.25, 0.3) is 0 Å². The van der Waals surface area contributed by atoms with Gasteiger partial charge >= 0.3 is 0 Å². The van der Waals surface area contributed by atoms with Gasteiger partial charge in [0.2, 0.25) is 5.91 Å². The van der Waals surface area contributed by atoms with Gasteiger partial charge in [0, 0.05) is 26.4 Å². The van der Waals surface area contributed by atoms with Crippen LogP contribution in [0.1, 0.15) is 31.7 Å². The average molecular weight is 306 g/mol. The maximum Gasteiger partial charge on any atom is 0.244 e. The molecule has 5 nitrogen and oxygen atoms in total. The molecule has 0 aliphatic carbocycles. The Kier molecular flexibility index (Phi) is 6.36. The second-order valence-corrected chi connectivity index (χ2v) is 5.86. The molecule has 0 aromatic heterocycles. The molecule has 1 amide bonds. The topological polar surface area (TPSA) is 73.6 Å². The first-order valence-electron chi connectivity index (χ1n) is 7.93. The van der Waals surface area contributed by atoms with Crippen LogP contribution in [0.4, 0.5) is 0 Å². The molecule has 1 fully saturated rings. The van der Waals surface area contributed by atoms with Crippen LogP contribution >= 0.6 is 0 Å². The van der Waals surface area contributed by atoms with E-state index >= 15 is 0 Å². The maximum atomic E-state index is 12.2. The fraction of sp³-hybridized carbons (Fsp3) is 0.588. The molecule has 0 bridgehead atoms. The lowest BCUT2D eigenvalue weighted by molar-refractivity contribution is -0.126. The third kappa shape index (κ3) is 4.80. The molecule has 0 saturated carbocycles. The second-order valence-electron chi connectivity index (χ2n) is 5.86. The molecule has 22 heavy (non-hydrogen) atoms. The van der Waals surface area contributed by atoms with E-state index in [0.717, 1.165) is 38.0 Å². The summed E-state index contributed by atoms with van der Waals surface area (Å²) in [5, 5.41) is 2.89. The Balaban J connectivity index is 1.66. The number of carbonyl (C=O) groups excluding carboxylic acids is 1. The summed E-state index contributed by atoms with van der Waals surface area (Å²) < 4.78 is 11.1. The van der Waals surface area contributed by atoms with E-state index in [-0.39, 0.29) is 5.91 Å². The number of hydrogen-bond acceptors (Lipinski definition) is 4. The second kappa shape index (κ2) is 8.27. The standard InChI is InChI=1S/C17H26N2O3/c1-17(18,14-6-3-2-4-7-14)16(20)19-10-5-11-22-15-8-12-21-13-9-15/h2-4,6-7,15H,5,8-13,18H2,1H3,(H,19,20). The molecule has 1 unspecified atom stereocenters. The van der Waals surface area contributed by atoms with Crippen LogP contribution in [0.5, 0.6) is 0 Å². The van der Waals surface area contributed by atoms with Gasteiger partial charge in [0.1, 0.15) is 5.54 Å². The Morgan fingerprint density at radius 3 is 2.73 bits per heavy atom. The monoisotopic (exact) mass is 306 g/mol. The van der Waals surface area contributed by atoms with Gasteiger partial charge in [-0.3, -0.25) is 4.79 Å². The van der Waals surface area contributed by atoms with Crippen molar-refractivity contribution in [3.63, 3.8) is 0 Å². The fourth-order valence-electron chi connectivity index (χ4n) is 2.47. The molecule has 1 aliphatic rings. The maximum absolute atomic E-state index is 12.2. The average Bonchev–Trinajstić information content (AvgIpc) is 2.56. The minimum atomic E-state index is -1.01. The number of hydrogen-bond donors (Lipinski definition) is 2. The number of benzene rings is 1. The van der Waals surface area contributed by atoms with Crippen LogP contribution in [0.2, 0.25) is 0 Å². The van der Waals surface area contributed by atoms with Gasteiger partial charge < -0.3 is 20.5 Å². The van der Waals surface area contributed by atoms with Crippen molar-refractivity contribution in [2.24, 2.45) is 5.73 Å². The summed E-state index contributed by atoms with van der Waals surface area (Å²) in [6, 6.07) is 9.41. The van der Waals surface area contributed by atoms with E-state index in [0.29, 0.717) is 19.3 Å². The SMILES string of the molecule is CC(N)(C(=O)NCCCOC1CCOCC1)c1ccccc1. The quantitative estimate of drug-likeness (QED) is 0.750. The van der Waals surface area contributed by atoms with E-state index < -0.39 is 5.54 Å². The van der Waals surface area contributed by atoms with Crippen molar-refractivity contribution in [2.45, 2.75) is 37.8 Å². The van der Waals surface area contributed by atoms with Crippen molar-refractivity contribution in [3.05, 3.63) is 35.9 Å². The highest BCUT2D eigenvalue weighted by Gasteiger charge is 2.29. The molecular weight excluding hydrogens is 280 g/mol. The molecule has 3 N–H and O–H groups in total. The van der Waals surface area contributed by atoms with E-state index in [4.69, 9.17) is 15.2 Å². The van der Waals surface area contributed by atoms with Gasteiger partial charge in [0.05, 0.1) is 6.10 Å². The zero-order valence-corrected chi connectivity index (χ0v) is 13.2. The Labute approximate surface area is 132 Å². The van der Waals surface area contributed by atoms with Crippen LogP contribution in [0, 0.1) is 0 Å². The molecule has 0 radical (unpaired) electrons. The van der Waals surface area contributed by atoms with Crippen molar-refractivity contribution in [1.82, 2.24) is 5.32 Å². The lowest BCUT2D eigenvalue weighted by atomic mass is 9.92. The lowest BCUT2D eigenvalue weighted by Crippen LogP contribution is -2.49. The van der Waals surface area contributed by atoms with E-state index in [1.807, 2.05) is 30.3 Å². The predicted octanol–water partition coefficient (Wildman–Crippen LogP) is 1.56. The molecule has 1 aromatic rings. The summed E-state index contributed by atoms with van der Waals surface area (Å²) in [6.45, 7) is 4.52. The highest BCUT2D eigenvalue weighted by Crippen LogP contribution is 2.17. The van der Waals surface area contributed by atoms with Crippen LogP contribution in [0.3, 0.4) is 0 Å². The van der Waals surface area contributed by atoms with Crippen molar-refractivity contribution < 1.29 is 14.3 Å². The number of amides is 1. The molecule has 1 aromatic carbocycles. The normalized spacial score (nSPS) is 18.6. The van der Waals surface area contributed by atoms with Crippen LogP contribution in [-0.4, -0.2) is 38.4 Å². The number of carbonyl (C=O) groups is 1. The first-order chi connectivity index (χ1) is 10.6. The first-order valence-corrected chi connectivity index (χ1v) is 7.93. The summed E-state index contributed by atoms with van der Waals surface area (Å²) in [6.07, 6.45) is 3.00. The fourth-order valence-corrected chi connectivity index (χ4v) is 2.47. The van der Waals surface area contributed by atoms with Crippen LogP contribution < -0.4 is 11.1 Å². The van der Waals surface area contributed by atoms with Crippen molar-refractivity contribution in [2.75, 3.05) is 26.4 Å². The van der Waals surface area contributed by atoms with Gasteiger partial charge in [-0.2, -0.15) is 0 Å². The largest absolute Gasteiger partial charge is 0.381 e. The first kappa shape index (κ1) is 16.9. The molecule has 1 heterocycles. The van der Waals surface area contributed by atoms with Gasteiger partial charge in [-0.25, -0.2) is 0 Å². The Morgan fingerprint density at radius 1 is 1.36 bits per heavy atom. The van der Waals surface area contributed by atoms with Crippen molar-refractivity contribution in [1.29, 1.82) is 0 Å². The molecule has 1 atom stereocenters. The Hall–Kier alpha value is -1.43. The van der Waals surface area contributed by atoms with Crippen LogP contribution in [0.15, 0.2) is 30.3 Å². The van der Waals surface area contributed by atoms with E-state index in [1.54, 1.807) is 6.92 Å². The van der Waals surface area contributed by atoms with E-state index in [2.05, 4.69) is 5.32 Å². The molecule has 1 saturated heterocycles. The molecule has 122 valence electrons. The molecular formula is C17H26N2O3. The number of nitrogens with two attached hydrogens (primary N) is 1. The zero-order valence-electron chi connectivity index (χ0n) is 13.2. The summed E-state index contributed by atoms with van der Waals surface area (Å²) in [5.74, 6) is -0.162. The lowest BCUT2D eigenvalue weighted by Gasteiger charge is -2.24. The van der Waals surface area contributed by atoms with Gasteiger partial charge in [0.15, 0.2) is 0 Å².